The fourth-order valence-corrected chi connectivity index (χ4v) is 17.0. The quantitative estimate of drug-likeness (QED) is 0.0523. The van der Waals surface area contributed by atoms with E-state index in [9.17, 15) is 10.2 Å². The number of fused-ring (bicyclic) bond motifs is 3. The maximum Gasteiger partial charge on any atom is 0.350 e. The first-order valence-electron chi connectivity index (χ1n) is 29.0. The third-order valence-electron chi connectivity index (χ3n) is 20.8. The van der Waals surface area contributed by atoms with Crippen LogP contribution in [0.3, 0.4) is 0 Å². The number of ketones is 2. The topological polar surface area (TPSA) is 200 Å². The highest BCUT2D eigenvalue weighted by atomic mass is 16.7. The van der Waals surface area contributed by atoms with Gasteiger partial charge in [0.1, 0.15) is 11.9 Å². The second kappa shape index (κ2) is 19.7. The molecule has 0 radical (unpaired) electrons. The minimum atomic E-state index is -2.26. The normalized spacial score (nSPS) is 40.0. The second-order valence-corrected chi connectivity index (χ2v) is 25.2. The number of benzene rings is 1. The van der Waals surface area contributed by atoms with Gasteiger partial charge in [0, 0.05) is 47.7 Å². The van der Waals surface area contributed by atoms with E-state index in [1.54, 1.807) is 6.07 Å². The largest absolute Gasteiger partial charge is 0.459 e. The van der Waals surface area contributed by atoms with Crippen LogP contribution in [0, 0.1) is 40.9 Å². The van der Waals surface area contributed by atoms with E-state index in [-0.39, 0.29) is 71.5 Å². The van der Waals surface area contributed by atoms with Crippen LogP contribution in [0.15, 0.2) is 99.6 Å². The van der Waals surface area contributed by atoms with Gasteiger partial charge < -0.3 is 52.0 Å². The molecule has 5 aliphatic carbocycles. The Bertz CT molecular complexity index is 2750. The number of nitrogens with one attached hydrogen (secondary N) is 5. The third-order valence-corrected chi connectivity index (χ3v) is 20.8. The summed E-state index contributed by atoms with van der Waals surface area (Å²) in [5.74, 6) is -0.161. The summed E-state index contributed by atoms with van der Waals surface area (Å²) in [6.45, 7) is 7.54. The fourth-order valence-electron chi connectivity index (χ4n) is 17.0. The van der Waals surface area contributed by atoms with Crippen molar-refractivity contribution in [1.29, 1.82) is 0 Å². The SMILES string of the molecule is CCN[C@]12C=C3C=CC[C@@H]4CCCC[C@]5(C)CC6=CNC(N)C(=C6)CC[C@H]6C[C@@H](O)C[C@H]([C@@H]6C1)[C@@H](OC(=O)[C@]16O[C@@]1(C/C(CO)=C(\C)CCC1=CCNC7=C1CC[C@H](NC)N7)C(=O)c1cccc(c1C6=O)C5)[C@H]2C[C@H]34. The highest BCUT2D eigenvalue weighted by Crippen LogP contribution is 2.63. The predicted octanol–water partition coefficient (Wildman–Crippen LogP) is 7.53. The van der Waals surface area contributed by atoms with Crippen LogP contribution >= 0.6 is 0 Å². The van der Waals surface area contributed by atoms with Crippen LogP contribution in [0.25, 0.3) is 0 Å². The number of hydrogen-bond donors (Lipinski definition) is 8. The molecule has 13 nitrogen and oxygen atoms in total. The number of dihydropyridines is 2. The zero-order chi connectivity index (χ0) is 52.0. The predicted molar refractivity (Wildman–Crippen MR) is 289 cm³/mol. The minimum Gasteiger partial charge on any atom is -0.459 e. The molecule has 9 N–H and O–H groups in total. The van der Waals surface area contributed by atoms with Gasteiger partial charge in [0.15, 0.2) is 11.4 Å². The van der Waals surface area contributed by atoms with Crippen molar-refractivity contribution >= 4 is 17.5 Å². The van der Waals surface area contributed by atoms with E-state index in [2.05, 4.69) is 77.0 Å². The smallest absolute Gasteiger partial charge is 0.350 e. The van der Waals surface area contributed by atoms with Crippen molar-refractivity contribution < 1.29 is 34.1 Å². The van der Waals surface area contributed by atoms with Gasteiger partial charge >= 0.3 is 5.97 Å². The van der Waals surface area contributed by atoms with Crippen LogP contribution in [0.4, 0.5) is 0 Å². The number of hydrogen-bond acceptors (Lipinski definition) is 13. The molecule has 3 fully saturated rings. The van der Waals surface area contributed by atoms with E-state index >= 15 is 14.4 Å². The molecule has 14 atom stereocenters. The average molecular weight is 1020 g/mol. The van der Waals surface area contributed by atoms with Crippen LogP contribution < -0.4 is 32.3 Å². The fraction of sp³-hybridized carbons (Fsp3) is 0.629. The minimum absolute atomic E-state index is 0.0758. The van der Waals surface area contributed by atoms with Crippen molar-refractivity contribution in [3.63, 3.8) is 0 Å². The van der Waals surface area contributed by atoms with Crippen molar-refractivity contribution in [2.75, 3.05) is 26.7 Å². The van der Waals surface area contributed by atoms with E-state index in [0.717, 1.165) is 112 Å². The maximum atomic E-state index is 16.2. The number of carbonyl (C=O) groups is 3. The van der Waals surface area contributed by atoms with Crippen molar-refractivity contribution in [2.24, 2.45) is 46.7 Å². The van der Waals surface area contributed by atoms with Crippen LogP contribution in [0.2, 0.25) is 0 Å². The van der Waals surface area contributed by atoms with Crippen LogP contribution in [-0.2, 0) is 20.7 Å². The van der Waals surface area contributed by atoms with Crippen LogP contribution in [0.1, 0.15) is 156 Å². The van der Waals surface area contributed by atoms with E-state index in [1.807, 2.05) is 26.1 Å². The Balaban J connectivity index is 1.00. The summed E-state index contributed by atoms with van der Waals surface area (Å²) < 4.78 is 14.1. The number of nitrogens with two attached hydrogens (primary N) is 1. The summed E-state index contributed by atoms with van der Waals surface area (Å²) in [5.41, 5.74) is 10.8. The average Bonchev–Trinajstić information content (AvgIpc) is 4.24. The zero-order valence-corrected chi connectivity index (χ0v) is 44.8. The highest BCUT2D eigenvalue weighted by molar-refractivity contribution is 6.33. The van der Waals surface area contributed by atoms with Gasteiger partial charge in [0.2, 0.25) is 5.78 Å². The van der Waals surface area contributed by atoms with Gasteiger partial charge in [-0.2, -0.15) is 0 Å². The Hall–Kier alpha value is -4.63. The molecule has 1 aromatic carbocycles. The third kappa shape index (κ3) is 8.60. The number of carbonyl (C=O) groups excluding carboxylic acids is 3. The number of aliphatic hydroxyl groups is 2. The summed E-state index contributed by atoms with van der Waals surface area (Å²) in [5, 5.41) is 41.4. The monoisotopic (exact) mass is 1020 g/mol. The first-order valence-corrected chi connectivity index (χ1v) is 29.0. The van der Waals surface area contributed by atoms with Gasteiger partial charge in [-0.15, -0.1) is 0 Å². The van der Waals surface area contributed by atoms with Crippen molar-refractivity contribution in [1.82, 2.24) is 26.6 Å². The van der Waals surface area contributed by atoms with Gasteiger partial charge in [-0.05, 0) is 185 Å². The molecular formula is C62H82N6O7. The Kier molecular flexibility index (Phi) is 13.4. The first-order chi connectivity index (χ1) is 36.2. The Morgan fingerprint density at radius 2 is 1.88 bits per heavy atom. The highest BCUT2D eigenvalue weighted by Gasteiger charge is 2.86. The Labute approximate surface area is 443 Å². The molecule has 0 amide bonds. The van der Waals surface area contributed by atoms with Crippen LogP contribution in [-0.4, -0.2) is 95.8 Å². The van der Waals surface area contributed by atoms with Crippen molar-refractivity contribution in [3.05, 3.63) is 116 Å². The summed E-state index contributed by atoms with van der Waals surface area (Å²) in [4.78, 5) is 48.2. The molecule has 1 aromatic rings. The van der Waals surface area contributed by atoms with Crippen molar-refractivity contribution in [3.8, 4) is 0 Å². The molecule has 12 rings (SSSR count). The molecule has 6 aliphatic heterocycles. The number of likely N-dealkylation sites (N-methyl/N-ethyl adjacent to an activating group) is 1. The van der Waals surface area contributed by atoms with E-state index in [0.29, 0.717) is 50.3 Å². The van der Waals surface area contributed by atoms with Gasteiger partial charge in [-0.25, -0.2) is 4.79 Å². The molecule has 1 spiro atoms. The standard InChI is InChI=1S/C62H82N6O7/c1-5-67-60-30-41-12-8-11-37-10-6-7-22-59(3)28-36-24-40(56(63)66-33-36)18-17-39-25-44(70)26-48(49(39)32-60)53(50(60)27-47(37)41)74-58(73)62-55(72)52-42(29-59)13-9-14-46(52)54(71)61(62,75-62)31-43(34-69)35(2)15-16-38-21-23-65-57-45(38)19-20-51(64-4)68-57/h8-9,12-14,21,24,30,33,37,39,44,47-51,53,56,64-70H,5-7,10-11,15-20,22-23,25-29,31-32,34,63H2,1-4H3/b43-35-/t37-,39-,44+,47-,48+,49+,50+,51+,53+,56?,59+,60+,61-,62-/m0/s1. The maximum absolute atomic E-state index is 16.2. The summed E-state index contributed by atoms with van der Waals surface area (Å²) in [6.07, 6.45) is 26.2. The summed E-state index contributed by atoms with van der Waals surface area (Å²) >= 11 is 0. The van der Waals surface area contributed by atoms with E-state index < -0.39 is 46.5 Å². The second-order valence-electron chi connectivity index (χ2n) is 25.2. The number of esters is 1. The van der Waals surface area contributed by atoms with Gasteiger partial charge in [0.05, 0.1) is 25.0 Å². The number of rotatable bonds is 9. The number of allylic oxidation sites excluding steroid dienone is 8. The molecule has 6 heterocycles. The lowest BCUT2D eigenvalue weighted by Gasteiger charge is -2.60. The molecule has 75 heavy (non-hydrogen) atoms. The molecule has 11 bridgehead atoms. The van der Waals surface area contributed by atoms with E-state index in [4.69, 9.17) is 15.2 Å². The Morgan fingerprint density at radius 1 is 1.01 bits per heavy atom. The van der Waals surface area contributed by atoms with Crippen LogP contribution in [0.5, 0.6) is 0 Å². The summed E-state index contributed by atoms with van der Waals surface area (Å²) in [6, 6.07) is 5.58. The molecule has 13 heteroatoms. The van der Waals surface area contributed by atoms with Crippen molar-refractivity contribution in [2.45, 2.75) is 178 Å². The molecule has 402 valence electrons. The molecule has 1 saturated heterocycles. The number of epoxide rings is 1. The number of ether oxygens (including phenoxy) is 2. The lowest BCUT2D eigenvalue weighted by molar-refractivity contribution is -0.180. The molecule has 11 aliphatic rings. The van der Waals surface area contributed by atoms with Gasteiger partial charge in [0.25, 0.3) is 5.60 Å². The lowest BCUT2D eigenvalue weighted by Crippen LogP contribution is -2.66. The summed E-state index contributed by atoms with van der Waals surface area (Å²) in [7, 11) is 1.96. The first kappa shape index (κ1) is 51.1. The van der Waals surface area contributed by atoms with Gasteiger partial charge in [-0.1, -0.05) is 80.8 Å². The Morgan fingerprint density at radius 3 is 2.71 bits per heavy atom. The van der Waals surface area contributed by atoms with Gasteiger partial charge in [-0.3, -0.25) is 9.59 Å². The molecule has 1 unspecified atom stereocenters. The molecular weight excluding hydrogens is 941 g/mol. The molecule has 0 aromatic heterocycles. The number of Topliss-reactive ketones (excluding diaryl/α,β-unsaturated/α-hetero) is 2. The lowest BCUT2D eigenvalue weighted by atomic mass is 9.50. The zero-order valence-electron chi connectivity index (χ0n) is 44.8. The van der Waals surface area contributed by atoms with E-state index in [1.165, 1.54) is 16.7 Å². The molecule has 2 saturated carbocycles. The number of aliphatic hydroxyl groups excluding tert-OH is 2.